The zero-order chi connectivity index (χ0) is 15.1. The summed E-state index contributed by atoms with van der Waals surface area (Å²) >= 11 is 0. The molecule has 1 heterocycles. The van der Waals surface area contributed by atoms with E-state index >= 15 is 0 Å². The van der Waals surface area contributed by atoms with Gasteiger partial charge in [-0.3, -0.25) is 0 Å². The zero-order valence-corrected chi connectivity index (χ0v) is 10.8. The van der Waals surface area contributed by atoms with E-state index in [-0.39, 0.29) is 11.3 Å². The Morgan fingerprint density at radius 3 is 2.40 bits per heavy atom. The fourth-order valence-corrected chi connectivity index (χ4v) is 1.88. The maximum Gasteiger partial charge on any atom is 0.416 e. The molecule has 0 bridgehead atoms. The predicted molar refractivity (Wildman–Crippen MR) is 67.2 cm³/mol. The fourth-order valence-electron chi connectivity index (χ4n) is 1.88. The van der Waals surface area contributed by atoms with Gasteiger partial charge in [-0.15, -0.1) is 0 Å². The Labute approximate surface area is 113 Å². The third-order valence-electron chi connectivity index (χ3n) is 3.02. The van der Waals surface area contributed by atoms with E-state index in [0.29, 0.717) is 17.1 Å². The summed E-state index contributed by atoms with van der Waals surface area (Å²) in [6.45, 7) is 3.38. The van der Waals surface area contributed by atoms with Crippen molar-refractivity contribution in [3.8, 4) is 11.8 Å². The molecule has 20 heavy (non-hydrogen) atoms. The van der Waals surface area contributed by atoms with Gasteiger partial charge in [0, 0.05) is 0 Å². The van der Waals surface area contributed by atoms with Gasteiger partial charge in [-0.25, -0.2) is 4.68 Å². The van der Waals surface area contributed by atoms with E-state index in [9.17, 15) is 13.2 Å². The molecule has 0 saturated carbocycles. The number of aromatic nitrogens is 2. The minimum Gasteiger partial charge on any atom is -0.396 e. The number of nitrogen functional groups attached to an aromatic ring is 1. The van der Waals surface area contributed by atoms with Gasteiger partial charge in [-0.1, -0.05) is 0 Å². The van der Waals surface area contributed by atoms with Gasteiger partial charge in [0.05, 0.1) is 33.9 Å². The summed E-state index contributed by atoms with van der Waals surface area (Å²) < 4.78 is 39.3. The molecule has 0 aliphatic heterocycles. The van der Waals surface area contributed by atoms with Crippen molar-refractivity contribution in [1.82, 2.24) is 9.78 Å². The lowest BCUT2D eigenvalue weighted by atomic mass is 10.1. The van der Waals surface area contributed by atoms with Crippen LogP contribution in [0.3, 0.4) is 0 Å². The zero-order valence-electron chi connectivity index (χ0n) is 10.8. The third-order valence-corrected chi connectivity index (χ3v) is 3.02. The minimum absolute atomic E-state index is 0.106. The Balaban J connectivity index is 2.64. The lowest BCUT2D eigenvalue weighted by molar-refractivity contribution is -0.137. The summed E-state index contributed by atoms with van der Waals surface area (Å²) in [7, 11) is 0. The standard InChI is InChI=1S/C13H11F3N4/c1-7-12(18)8(2)20(19-7)11-4-3-10(13(14,15)16)5-9(11)6-17/h3-5H,18H2,1-2H3. The monoisotopic (exact) mass is 280 g/mol. The molecule has 0 atom stereocenters. The third kappa shape index (κ3) is 2.20. The first-order valence-electron chi connectivity index (χ1n) is 5.69. The van der Waals surface area contributed by atoms with Gasteiger partial charge in [0.1, 0.15) is 6.07 Å². The van der Waals surface area contributed by atoms with Crippen LogP contribution in [0.15, 0.2) is 18.2 Å². The van der Waals surface area contributed by atoms with Crippen LogP contribution < -0.4 is 5.73 Å². The molecule has 104 valence electrons. The summed E-state index contributed by atoms with van der Waals surface area (Å²) in [6.07, 6.45) is -4.49. The molecule has 2 N–H and O–H groups in total. The second-order valence-corrected chi connectivity index (χ2v) is 4.34. The van der Waals surface area contributed by atoms with Crippen LogP contribution in [0.5, 0.6) is 0 Å². The molecular formula is C13H11F3N4. The molecule has 4 nitrogen and oxygen atoms in total. The van der Waals surface area contributed by atoms with Crippen LogP contribution in [0.25, 0.3) is 5.69 Å². The molecule has 0 radical (unpaired) electrons. The maximum atomic E-state index is 12.6. The van der Waals surface area contributed by atoms with Gasteiger partial charge in [-0.2, -0.15) is 23.5 Å². The van der Waals surface area contributed by atoms with E-state index in [2.05, 4.69) is 5.10 Å². The number of nitrogens with two attached hydrogens (primary N) is 1. The number of hydrogen-bond acceptors (Lipinski definition) is 3. The number of benzene rings is 1. The van der Waals surface area contributed by atoms with Crippen molar-refractivity contribution in [2.45, 2.75) is 20.0 Å². The normalized spacial score (nSPS) is 11.4. The highest BCUT2D eigenvalue weighted by molar-refractivity contribution is 5.56. The quantitative estimate of drug-likeness (QED) is 0.873. The van der Waals surface area contributed by atoms with Crippen LogP contribution in [0.2, 0.25) is 0 Å². The Bertz CT molecular complexity index is 708. The average molecular weight is 280 g/mol. The number of nitriles is 1. The van der Waals surface area contributed by atoms with Gasteiger partial charge < -0.3 is 5.73 Å². The Hall–Kier alpha value is -2.49. The highest BCUT2D eigenvalue weighted by atomic mass is 19.4. The first kappa shape index (κ1) is 13.9. The highest BCUT2D eigenvalue weighted by Crippen LogP contribution is 2.32. The molecule has 0 aliphatic rings. The van der Waals surface area contributed by atoms with Crippen LogP contribution in [0.1, 0.15) is 22.5 Å². The topological polar surface area (TPSA) is 67.6 Å². The summed E-state index contributed by atoms with van der Waals surface area (Å²) in [5.41, 5.74) is 6.68. The molecule has 0 amide bonds. The second kappa shape index (κ2) is 4.56. The van der Waals surface area contributed by atoms with E-state index in [4.69, 9.17) is 11.0 Å². The van der Waals surface area contributed by atoms with E-state index in [1.165, 1.54) is 10.7 Å². The summed E-state index contributed by atoms with van der Waals surface area (Å²) in [4.78, 5) is 0. The average Bonchev–Trinajstić information content (AvgIpc) is 2.64. The maximum absolute atomic E-state index is 12.6. The van der Waals surface area contributed by atoms with Crippen molar-refractivity contribution in [1.29, 1.82) is 5.26 Å². The smallest absolute Gasteiger partial charge is 0.396 e. The predicted octanol–water partition coefficient (Wildman–Crippen LogP) is 2.96. The molecule has 1 aromatic carbocycles. The molecule has 2 rings (SSSR count). The van der Waals surface area contributed by atoms with Crippen molar-refractivity contribution in [3.05, 3.63) is 40.7 Å². The number of aryl methyl sites for hydroxylation is 1. The lowest BCUT2D eigenvalue weighted by Crippen LogP contribution is -2.08. The van der Waals surface area contributed by atoms with Crippen LogP contribution in [0.4, 0.5) is 18.9 Å². The van der Waals surface area contributed by atoms with E-state index < -0.39 is 11.7 Å². The van der Waals surface area contributed by atoms with E-state index in [1.54, 1.807) is 19.9 Å². The van der Waals surface area contributed by atoms with Crippen molar-refractivity contribution in [2.24, 2.45) is 0 Å². The Morgan fingerprint density at radius 2 is 1.95 bits per heavy atom. The summed E-state index contributed by atoms with van der Waals surface area (Å²) in [6, 6.07) is 4.71. The molecule has 0 unspecified atom stereocenters. The van der Waals surface area contributed by atoms with Crippen LogP contribution in [0, 0.1) is 25.2 Å². The minimum atomic E-state index is -4.49. The van der Waals surface area contributed by atoms with Gasteiger partial charge in [-0.05, 0) is 32.0 Å². The summed E-state index contributed by atoms with van der Waals surface area (Å²) in [5.74, 6) is 0. The van der Waals surface area contributed by atoms with E-state index in [0.717, 1.165) is 12.1 Å². The first-order chi connectivity index (χ1) is 9.25. The molecule has 7 heteroatoms. The first-order valence-corrected chi connectivity index (χ1v) is 5.69. The SMILES string of the molecule is Cc1nn(-c2ccc(C(F)(F)F)cc2C#N)c(C)c1N. The number of rotatable bonds is 1. The fraction of sp³-hybridized carbons (Fsp3) is 0.231. The molecule has 0 saturated heterocycles. The number of halogens is 3. The second-order valence-electron chi connectivity index (χ2n) is 4.34. The van der Waals surface area contributed by atoms with Gasteiger partial charge >= 0.3 is 6.18 Å². The Kier molecular flexibility index (Phi) is 3.18. The highest BCUT2D eigenvalue weighted by Gasteiger charge is 2.31. The van der Waals surface area contributed by atoms with Gasteiger partial charge in [0.2, 0.25) is 0 Å². The molecule has 0 aliphatic carbocycles. The molecule has 1 aromatic heterocycles. The Morgan fingerprint density at radius 1 is 1.30 bits per heavy atom. The van der Waals surface area contributed by atoms with Gasteiger partial charge in [0.15, 0.2) is 0 Å². The van der Waals surface area contributed by atoms with Crippen molar-refractivity contribution >= 4 is 5.69 Å². The van der Waals surface area contributed by atoms with E-state index in [1.807, 2.05) is 0 Å². The number of hydrogen-bond donors (Lipinski definition) is 1. The van der Waals surface area contributed by atoms with Crippen LogP contribution in [-0.2, 0) is 6.18 Å². The van der Waals surface area contributed by atoms with Crippen molar-refractivity contribution < 1.29 is 13.2 Å². The van der Waals surface area contributed by atoms with Crippen LogP contribution in [-0.4, -0.2) is 9.78 Å². The van der Waals surface area contributed by atoms with Crippen molar-refractivity contribution in [2.75, 3.05) is 5.73 Å². The molecule has 2 aromatic rings. The van der Waals surface area contributed by atoms with Gasteiger partial charge in [0.25, 0.3) is 0 Å². The van der Waals surface area contributed by atoms with Crippen molar-refractivity contribution in [3.63, 3.8) is 0 Å². The number of anilines is 1. The molecule has 0 fully saturated rings. The largest absolute Gasteiger partial charge is 0.416 e. The number of nitrogens with zero attached hydrogens (tertiary/aromatic N) is 3. The van der Waals surface area contributed by atoms with Crippen LogP contribution >= 0.6 is 0 Å². The number of alkyl halides is 3. The summed E-state index contributed by atoms with van der Waals surface area (Å²) in [5, 5.41) is 13.2. The molecular weight excluding hydrogens is 269 g/mol. The lowest BCUT2D eigenvalue weighted by Gasteiger charge is -2.11. The molecule has 0 spiro atoms.